The smallest absolute Gasteiger partial charge is 0.0702 e. The van der Waals surface area contributed by atoms with E-state index in [1.807, 2.05) is 6.20 Å². The number of rotatable bonds is 5. The molecule has 0 aliphatic heterocycles. The van der Waals surface area contributed by atoms with Crippen LogP contribution < -0.4 is 0 Å². The van der Waals surface area contributed by atoms with Crippen LogP contribution in [0.4, 0.5) is 0 Å². The average molecular weight is 677 g/mol. The van der Waals surface area contributed by atoms with E-state index < -0.39 is 0 Å². The monoisotopic (exact) mass is 676 g/mol. The number of allylic oxidation sites excluding steroid dienone is 1. The Labute approximate surface area is 270 Å². The van der Waals surface area contributed by atoms with Crippen LogP contribution in [-0.2, 0) is 0 Å². The second kappa shape index (κ2) is 11.1. The zero-order valence-corrected chi connectivity index (χ0v) is 26.5. The van der Waals surface area contributed by atoms with E-state index in [0.29, 0.717) is 0 Å². The molecule has 8 aromatic rings. The van der Waals surface area contributed by atoms with Crippen molar-refractivity contribution in [3.05, 3.63) is 151 Å². The molecule has 3 heteroatoms. The number of hydrogen-bond acceptors (Lipinski definition) is 1. The Hall–Kier alpha value is -4.74. The lowest BCUT2D eigenvalue weighted by Crippen LogP contribution is -1.96. The van der Waals surface area contributed by atoms with Crippen LogP contribution in [0.25, 0.3) is 77.4 Å². The molecule has 2 aromatic heterocycles. The largest absolute Gasteiger partial charge is 0.313 e. The highest BCUT2D eigenvalue weighted by atomic mass is 127. The van der Waals surface area contributed by atoms with Crippen molar-refractivity contribution in [2.45, 2.75) is 6.92 Å². The van der Waals surface area contributed by atoms with Crippen molar-refractivity contribution in [1.29, 1.82) is 0 Å². The Morgan fingerprint density at radius 3 is 1.84 bits per heavy atom. The van der Waals surface area contributed by atoms with Crippen LogP contribution in [0.2, 0.25) is 0 Å². The molecule has 0 saturated carbocycles. The van der Waals surface area contributed by atoms with Crippen molar-refractivity contribution in [3.63, 3.8) is 0 Å². The molecule has 0 fully saturated rings. The van der Waals surface area contributed by atoms with E-state index in [9.17, 15) is 0 Å². The Kier molecular flexibility index (Phi) is 6.76. The van der Waals surface area contributed by atoms with Gasteiger partial charge in [-0.25, -0.2) is 0 Å². The number of alkyl halides is 1. The number of benzene rings is 6. The summed E-state index contributed by atoms with van der Waals surface area (Å²) in [6.45, 7) is 2.21. The molecule has 2 heterocycles. The van der Waals surface area contributed by atoms with Crippen molar-refractivity contribution in [2.75, 3.05) is 4.43 Å². The van der Waals surface area contributed by atoms with Crippen LogP contribution in [-0.4, -0.2) is 14.0 Å². The lowest BCUT2D eigenvalue weighted by Gasteiger charge is -2.12. The first-order valence-electron chi connectivity index (χ1n) is 14.9. The topological polar surface area (TPSA) is 17.8 Å². The predicted molar refractivity (Wildman–Crippen MR) is 197 cm³/mol. The zero-order chi connectivity index (χ0) is 29.6. The molecular formula is C41H29IN2. The second-order valence-corrected chi connectivity index (χ2v) is 12.1. The molecule has 2 nitrogen and oxygen atoms in total. The summed E-state index contributed by atoms with van der Waals surface area (Å²) in [6.07, 6.45) is 6.51. The molecule has 0 spiro atoms. The van der Waals surface area contributed by atoms with Gasteiger partial charge in [0.1, 0.15) is 0 Å². The van der Waals surface area contributed by atoms with Gasteiger partial charge < -0.3 is 4.57 Å². The van der Waals surface area contributed by atoms with Crippen molar-refractivity contribution in [3.8, 4) is 28.1 Å². The normalized spacial score (nSPS) is 11.9. The Morgan fingerprint density at radius 1 is 0.591 bits per heavy atom. The third-order valence-electron chi connectivity index (χ3n) is 8.78. The minimum absolute atomic E-state index is 0.973. The van der Waals surface area contributed by atoms with E-state index >= 15 is 0 Å². The lowest BCUT2D eigenvalue weighted by atomic mass is 9.93. The van der Waals surface area contributed by atoms with E-state index in [1.165, 1.54) is 65.7 Å². The molecule has 44 heavy (non-hydrogen) atoms. The minimum atomic E-state index is 0.973. The molecule has 0 aliphatic rings. The van der Waals surface area contributed by atoms with Gasteiger partial charge in [0, 0.05) is 44.1 Å². The van der Waals surface area contributed by atoms with E-state index in [1.54, 1.807) is 0 Å². The van der Waals surface area contributed by atoms with Crippen molar-refractivity contribution in [2.24, 2.45) is 0 Å². The third kappa shape index (κ3) is 4.42. The molecule has 0 atom stereocenters. The summed E-state index contributed by atoms with van der Waals surface area (Å²) in [5.74, 6) is 0. The van der Waals surface area contributed by atoms with Crippen LogP contribution in [0, 0.1) is 6.92 Å². The van der Waals surface area contributed by atoms with Gasteiger partial charge in [-0.1, -0.05) is 126 Å². The van der Waals surface area contributed by atoms with E-state index in [0.717, 1.165) is 21.2 Å². The quantitative estimate of drug-likeness (QED) is 0.101. The van der Waals surface area contributed by atoms with Gasteiger partial charge in [0.15, 0.2) is 0 Å². The van der Waals surface area contributed by atoms with Crippen LogP contribution >= 0.6 is 22.6 Å². The van der Waals surface area contributed by atoms with Gasteiger partial charge in [-0.15, -0.1) is 0 Å². The molecule has 6 aromatic carbocycles. The van der Waals surface area contributed by atoms with Gasteiger partial charge in [0.25, 0.3) is 0 Å². The van der Waals surface area contributed by atoms with Crippen LogP contribution in [0.5, 0.6) is 0 Å². The Balaban J connectivity index is 1.22. The summed E-state index contributed by atoms with van der Waals surface area (Å²) in [7, 11) is 0. The summed E-state index contributed by atoms with van der Waals surface area (Å²) < 4.78 is 3.33. The number of para-hydroxylation sites is 1. The highest BCUT2D eigenvalue weighted by molar-refractivity contribution is 14.1. The SMILES string of the molecule is Cc1c(/C=C\CI)c2cc(-c3ccc(-c4ccc5c6ccccc6c6ccccc6c5c4)nc3)ccc2n1-c1ccccc1. The molecule has 0 bridgehead atoms. The molecule has 210 valence electrons. The van der Waals surface area contributed by atoms with Crippen LogP contribution in [0.1, 0.15) is 11.3 Å². The van der Waals surface area contributed by atoms with Gasteiger partial charge in [-0.2, -0.15) is 0 Å². The third-order valence-corrected chi connectivity index (χ3v) is 9.29. The number of halogens is 1. The molecular weight excluding hydrogens is 647 g/mol. The number of pyridine rings is 1. The molecule has 0 unspecified atom stereocenters. The summed E-state index contributed by atoms with van der Waals surface area (Å²) in [5.41, 5.74) is 9.29. The molecule has 0 saturated heterocycles. The highest BCUT2D eigenvalue weighted by Gasteiger charge is 2.15. The van der Waals surface area contributed by atoms with Gasteiger partial charge >= 0.3 is 0 Å². The van der Waals surface area contributed by atoms with Gasteiger partial charge in [0.05, 0.1) is 11.2 Å². The van der Waals surface area contributed by atoms with Crippen LogP contribution in [0.15, 0.2) is 140 Å². The zero-order valence-electron chi connectivity index (χ0n) is 24.3. The maximum atomic E-state index is 4.98. The molecule has 0 N–H and O–H groups in total. The minimum Gasteiger partial charge on any atom is -0.313 e. The maximum Gasteiger partial charge on any atom is 0.0702 e. The number of nitrogens with zero attached hydrogens (tertiary/aromatic N) is 2. The number of aromatic nitrogens is 2. The number of fused-ring (bicyclic) bond motifs is 7. The summed E-state index contributed by atoms with van der Waals surface area (Å²) in [5, 5.41) is 8.94. The Morgan fingerprint density at radius 2 is 1.18 bits per heavy atom. The standard InChI is InChI=1S/C41H29IN2/c1-27-32(16-9-23-42)39-24-28(19-22-41(39)44(27)31-10-3-2-4-11-31)30-18-21-40(43-26-30)29-17-20-37-35-14-6-5-12-33(35)34-13-7-8-15-36(34)38(37)25-29/h2-22,24-26H,23H2,1H3/b16-9-. The fourth-order valence-corrected chi connectivity index (χ4v) is 6.96. The predicted octanol–water partition coefficient (Wildman–Crippen LogP) is 11.6. The Bertz CT molecular complexity index is 2330. The van der Waals surface area contributed by atoms with Crippen LogP contribution in [0.3, 0.4) is 0 Å². The van der Waals surface area contributed by atoms with Crippen molar-refractivity contribution < 1.29 is 0 Å². The van der Waals surface area contributed by atoms with Gasteiger partial charge in [-0.3, -0.25) is 4.98 Å². The number of hydrogen-bond donors (Lipinski definition) is 0. The molecule has 0 radical (unpaired) electrons. The highest BCUT2D eigenvalue weighted by Crippen LogP contribution is 2.38. The first-order chi connectivity index (χ1) is 21.7. The summed E-state index contributed by atoms with van der Waals surface area (Å²) in [6, 6.07) is 46.0. The summed E-state index contributed by atoms with van der Waals surface area (Å²) >= 11 is 2.40. The van der Waals surface area contributed by atoms with E-state index in [4.69, 9.17) is 4.98 Å². The van der Waals surface area contributed by atoms with Gasteiger partial charge in [-0.05, 0) is 81.2 Å². The fourth-order valence-electron chi connectivity index (χ4n) is 6.71. The first kappa shape index (κ1) is 26.9. The average Bonchev–Trinajstić information content (AvgIpc) is 3.37. The van der Waals surface area contributed by atoms with Crippen molar-refractivity contribution >= 4 is 71.9 Å². The maximum absolute atomic E-state index is 4.98. The second-order valence-electron chi connectivity index (χ2n) is 11.2. The molecule has 0 aliphatic carbocycles. The molecule has 0 amide bonds. The van der Waals surface area contributed by atoms with E-state index in [-0.39, 0.29) is 0 Å². The molecule has 8 rings (SSSR count). The van der Waals surface area contributed by atoms with E-state index in [2.05, 4.69) is 174 Å². The van der Waals surface area contributed by atoms with Crippen molar-refractivity contribution in [1.82, 2.24) is 9.55 Å². The summed E-state index contributed by atoms with van der Waals surface area (Å²) in [4.78, 5) is 4.98. The first-order valence-corrected chi connectivity index (χ1v) is 16.5. The fraction of sp³-hybridized carbons (Fsp3) is 0.0488. The van der Waals surface area contributed by atoms with Gasteiger partial charge in [0.2, 0.25) is 0 Å². The lowest BCUT2D eigenvalue weighted by molar-refractivity contribution is 1.05.